The molecule has 0 unspecified atom stereocenters. The van der Waals surface area contributed by atoms with Crippen molar-refractivity contribution in [2.75, 3.05) is 39.3 Å². The average Bonchev–Trinajstić information content (AvgIpc) is 3.24. The largest absolute Gasteiger partial charge is 0.459 e. The van der Waals surface area contributed by atoms with Crippen LogP contribution < -0.4 is 10.2 Å². The van der Waals surface area contributed by atoms with Crippen LogP contribution in [0, 0.1) is 0 Å². The SMILES string of the molecule is C[C@@H](C(=O)N1CCNC1=O)[NH+]1CCN(C(=O)c2ccco2)CC1. The van der Waals surface area contributed by atoms with Crippen LogP contribution in [-0.2, 0) is 4.79 Å². The highest BCUT2D eigenvalue weighted by atomic mass is 16.3. The molecule has 2 N–H and O–H groups in total. The number of amides is 4. The summed E-state index contributed by atoms with van der Waals surface area (Å²) in [5.41, 5.74) is 0. The predicted molar refractivity (Wildman–Crippen MR) is 79.9 cm³/mol. The minimum atomic E-state index is -0.312. The first-order valence-electron chi connectivity index (χ1n) is 7.84. The van der Waals surface area contributed by atoms with Gasteiger partial charge in [-0.05, 0) is 19.1 Å². The highest BCUT2D eigenvalue weighted by Gasteiger charge is 2.37. The third-order valence-electron chi connectivity index (χ3n) is 4.53. The minimum absolute atomic E-state index is 0.119. The third kappa shape index (κ3) is 3.07. The number of nitrogens with one attached hydrogen (secondary N) is 2. The fourth-order valence-corrected chi connectivity index (χ4v) is 3.08. The van der Waals surface area contributed by atoms with E-state index in [1.807, 2.05) is 6.92 Å². The van der Waals surface area contributed by atoms with Crippen molar-refractivity contribution in [3.05, 3.63) is 24.2 Å². The number of piperazine rings is 1. The van der Waals surface area contributed by atoms with E-state index in [1.54, 1.807) is 17.0 Å². The summed E-state index contributed by atoms with van der Waals surface area (Å²) in [5, 5.41) is 2.64. The van der Waals surface area contributed by atoms with Crippen molar-refractivity contribution in [1.29, 1.82) is 0 Å². The van der Waals surface area contributed by atoms with Crippen LogP contribution in [0.15, 0.2) is 22.8 Å². The highest BCUT2D eigenvalue weighted by molar-refractivity contribution is 5.97. The Morgan fingerprint density at radius 1 is 1.30 bits per heavy atom. The van der Waals surface area contributed by atoms with Gasteiger partial charge in [0.25, 0.3) is 11.8 Å². The summed E-state index contributed by atoms with van der Waals surface area (Å²) in [6, 6.07) is 2.74. The van der Waals surface area contributed by atoms with E-state index in [0.717, 1.165) is 4.90 Å². The zero-order chi connectivity index (χ0) is 16.4. The average molecular weight is 321 g/mol. The van der Waals surface area contributed by atoms with Gasteiger partial charge in [0.15, 0.2) is 11.8 Å². The molecule has 3 heterocycles. The Morgan fingerprint density at radius 3 is 2.61 bits per heavy atom. The number of imide groups is 1. The molecule has 1 aromatic rings. The number of urea groups is 1. The Balaban J connectivity index is 1.55. The Labute approximate surface area is 134 Å². The Bertz CT molecular complexity index is 593. The van der Waals surface area contributed by atoms with E-state index in [0.29, 0.717) is 45.0 Å². The second-order valence-corrected chi connectivity index (χ2v) is 5.87. The van der Waals surface area contributed by atoms with Crippen LogP contribution in [0.4, 0.5) is 4.79 Å². The molecule has 0 spiro atoms. The lowest BCUT2D eigenvalue weighted by Gasteiger charge is -2.35. The second kappa shape index (κ2) is 6.41. The quantitative estimate of drug-likeness (QED) is 0.714. The smallest absolute Gasteiger partial charge is 0.324 e. The molecule has 0 bridgehead atoms. The first-order chi connectivity index (χ1) is 11.1. The van der Waals surface area contributed by atoms with E-state index in [4.69, 9.17) is 4.42 Å². The van der Waals surface area contributed by atoms with Gasteiger partial charge in [-0.25, -0.2) is 4.79 Å². The number of hydrogen-bond donors (Lipinski definition) is 2. The molecule has 1 atom stereocenters. The zero-order valence-corrected chi connectivity index (χ0v) is 13.1. The van der Waals surface area contributed by atoms with E-state index in [9.17, 15) is 14.4 Å². The third-order valence-corrected chi connectivity index (χ3v) is 4.53. The van der Waals surface area contributed by atoms with Crippen molar-refractivity contribution in [2.24, 2.45) is 0 Å². The maximum Gasteiger partial charge on any atom is 0.324 e. The molecule has 0 aromatic carbocycles. The summed E-state index contributed by atoms with van der Waals surface area (Å²) in [6.45, 7) is 5.27. The summed E-state index contributed by atoms with van der Waals surface area (Å²) in [6.07, 6.45) is 1.48. The molecule has 4 amide bonds. The van der Waals surface area contributed by atoms with Crippen molar-refractivity contribution in [2.45, 2.75) is 13.0 Å². The maximum absolute atomic E-state index is 12.4. The predicted octanol–water partition coefficient (Wildman–Crippen LogP) is -1.44. The number of nitrogens with zero attached hydrogens (tertiary/aromatic N) is 2. The van der Waals surface area contributed by atoms with Crippen molar-refractivity contribution in [3.63, 3.8) is 0 Å². The van der Waals surface area contributed by atoms with Crippen molar-refractivity contribution >= 4 is 17.8 Å². The summed E-state index contributed by atoms with van der Waals surface area (Å²) in [4.78, 5) is 40.3. The van der Waals surface area contributed by atoms with Gasteiger partial charge in [0.2, 0.25) is 0 Å². The van der Waals surface area contributed by atoms with Crippen LogP contribution in [-0.4, -0.2) is 73.0 Å². The molecule has 1 aromatic heterocycles. The van der Waals surface area contributed by atoms with Gasteiger partial charge in [0.05, 0.1) is 32.4 Å². The van der Waals surface area contributed by atoms with Gasteiger partial charge in [-0.2, -0.15) is 0 Å². The minimum Gasteiger partial charge on any atom is -0.459 e. The topological polar surface area (TPSA) is 87.3 Å². The summed E-state index contributed by atoms with van der Waals surface area (Å²) in [7, 11) is 0. The van der Waals surface area contributed by atoms with Crippen LogP contribution in [0.2, 0.25) is 0 Å². The number of hydrogen-bond acceptors (Lipinski definition) is 4. The molecule has 2 aliphatic rings. The lowest BCUT2D eigenvalue weighted by atomic mass is 10.2. The molecule has 8 heteroatoms. The number of quaternary nitrogens is 1. The monoisotopic (exact) mass is 321 g/mol. The van der Waals surface area contributed by atoms with Gasteiger partial charge < -0.3 is 19.5 Å². The lowest BCUT2D eigenvalue weighted by Crippen LogP contribution is -3.19. The van der Waals surface area contributed by atoms with Gasteiger partial charge in [-0.1, -0.05) is 0 Å². The van der Waals surface area contributed by atoms with E-state index in [1.165, 1.54) is 11.2 Å². The fraction of sp³-hybridized carbons (Fsp3) is 0.533. The molecule has 124 valence electrons. The van der Waals surface area contributed by atoms with E-state index < -0.39 is 0 Å². The Morgan fingerprint density at radius 2 is 2.04 bits per heavy atom. The number of carbonyl (C=O) groups excluding carboxylic acids is 3. The first-order valence-corrected chi connectivity index (χ1v) is 7.84. The molecule has 2 fully saturated rings. The van der Waals surface area contributed by atoms with Crippen LogP contribution in [0.5, 0.6) is 0 Å². The summed E-state index contributed by atoms with van der Waals surface area (Å²) < 4.78 is 5.14. The van der Waals surface area contributed by atoms with Gasteiger partial charge in [-0.15, -0.1) is 0 Å². The Kier molecular flexibility index (Phi) is 4.33. The summed E-state index contributed by atoms with van der Waals surface area (Å²) in [5.74, 6) is 0.0686. The van der Waals surface area contributed by atoms with Gasteiger partial charge >= 0.3 is 6.03 Å². The number of carbonyl (C=O) groups is 3. The zero-order valence-electron chi connectivity index (χ0n) is 13.1. The molecule has 23 heavy (non-hydrogen) atoms. The van der Waals surface area contributed by atoms with E-state index in [-0.39, 0.29) is 23.9 Å². The molecule has 2 saturated heterocycles. The second-order valence-electron chi connectivity index (χ2n) is 5.87. The standard InChI is InChI=1S/C15H20N4O4/c1-11(13(20)19-5-4-16-15(19)22)17-6-8-18(9-7-17)14(21)12-3-2-10-23-12/h2-3,10-11H,4-9H2,1H3,(H,16,22)/p+1/t11-/m0/s1. The maximum atomic E-state index is 12.4. The number of rotatable bonds is 3. The molecule has 0 saturated carbocycles. The van der Waals surface area contributed by atoms with Crippen LogP contribution in [0.3, 0.4) is 0 Å². The van der Waals surface area contributed by atoms with Gasteiger partial charge in [0.1, 0.15) is 0 Å². The van der Waals surface area contributed by atoms with E-state index >= 15 is 0 Å². The normalized spacial score (nSPS) is 20.5. The van der Waals surface area contributed by atoms with Crippen molar-refractivity contribution in [1.82, 2.24) is 15.1 Å². The van der Waals surface area contributed by atoms with Crippen LogP contribution in [0.1, 0.15) is 17.5 Å². The lowest BCUT2D eigenvalue weighted by molar-refractivity contribution is -0.918. The molecule has 3 rings (SSSR count). The molecule has 8 nitrogen and oxygen atoms in total. The van der Waals surface area contributed by atoms with Crippen LogP contribution in [0.25, 0.3) is 0 Å². The first kappa shape index (κ1) is 15.5. The van der Waals surface area contributed by atoms with Crippen molar-refractivity contribution < 1.29 is 23.7 Å². The molecule has 0 aliphatic carbocycles. The Hall–Kier alpha value is -2.35. The van der Waals surface area contributed by atoms with Crippen molar-refractivity contribution in [3.8, 4) is 0 Å². The van der Waals surface area contributed by atoms with Gasteiger partial charge in [0, 0.05) is 13.1 Å². The fourth-order valence-electron chi connectivity index (χ4n) is 3.08. The number of furan rings is 1. The molecule has 2 aliphatic heterocycles. The molecule has 0 radical (unpaired) electrons. The van der Waals surface area contributed by atoms with E-state index in [2.05, 4.69) is 5.32 Å². The highest BCUT2D eigenvalue weighted by Crippen LogP contribution is 2.06. The molecular formula is C15H21N4O4+. The van der Waals surface area contributed by atoms with Crippen LogP contribution >= 0.6 is 0 Å². The van der Waals surface area contributed by atoms with Gasteiger partial charge in [-0.3, -0.25) is 14.5 Å². The molecular weight excluding hydrogens is 300 g/mol. The summed E-state index contributed by atoms with van der Waals surface area (Å²) >= 11 is 0.